The van der Waals surface area contributed by atoms with E-state index in [2.05, 4.69) is 26.5 Å². The highest BCUT2D eigenvalue weighted by atomic mass is 79.9. The number of hydrazone groups is 1. The second-order valence-corrected chi connectivity index (χ2v) is 7.93. The van der Waals surface area contributed by atoms with Gasteiger partial charge >= 0.3 is 0 Å². The first-order valence-electron chi connectivity index (χ1n) is 10.1. The standard InChI is InChI=1S/C25H25BrN2O5/c1-16-5-7-17(8-6-16)15-33-24-20(26)11-18(12-23(24)32-4)14-27-28-25(29)19-9-10-21(30-2)22(13-19)31-3/h5-14H,15H2,1-4H3,(H,28,29)/b27-14-. The summed E-state index contributed by atoms with van der Waals surface area (Å²) in [5.41, 5.74) is 5.86. The SMILES string of the molecule is COc1ccc(C(=O)N/N=C\c2cc(Br)c(OCc3ccc(C)cc3)c(OC)c2)cc1OC. The number of amides is 1. The molecule has 0 aliphatic heterocycles. The van der Waals surface area contributed by atoms with Crippen LogP contribution in [0, 0.1) is 6.92 Å². The van der Waals surface area contributed by atoms with Crippen molar-refractivity contribution < 1.29 is 23.7 Å². The molecule has 0 aliphatic carbocycles. The van der Waals surface area contributed by atoms with E-state index in [4.69, 9.17) is 18.9 Å². The molecular formula is C25H25BrN2O5. The van der Waals surface area contributed by atoms with Gasteiger partial charge in [-0.2, -0.15) is 5.10 Å². The summed E-state index contributed by atoms with van der Waals surface area (Å²) in [7, 11) is 4.62. The summed E-state index contributed by atoms with van der Waals surface area (Å²) in [5.74, 6) is 1.76. The Morgan fingerprint density at radius 1 is 0.939 bits per heavy atom. The Kier molecular flexibility index (Phi) is 8.32. The molecule has 0 heterocycles. The summed E-state index contributed by atoms with van der Waals surface area (Å²) >= 11 is 3.53. The molecule has 0 atom stereocenters. The van der Waals surface area contributed by atoms with Crippen LogP contribution in [-0.4, -0.2) is 33.5 Å². The third-order valence-electron chi connectivity index (χ3n) is 4.78. The molecule has 0 aliphatic rings. The average Bonchev–Trinajstić information content (AvgIpc) is 2.83. The molecule has 7 nitrogen and oxygen atoms in total. The van der Waals surface area contributed by atoms with Crippen LogP contribution in [0.4, 0.5) is 0 Å². The zero-order valence-corrected chi connectivity index (χ0v) is 20.4. The summed E-state index contributed by atoms with van der Waals surface area (Å²) in [6, 6.07) is 16.6. The van der Waals surface area contributed by atoms with Gasteiger partial charge in [-0.3, -0.25) is 4.79 Å². The Hall–Kier alpha value is -3.52. The number of benzene rings is 3. The summed E-state index contributed by atoms with van der Waals surface area (Å²) in [6.45, 7) is 2.45. The first-order valence-corrected chi connectivity index (χ1v) is 10.9. The first kappa shape index (κ1) is 24.1. The van der Waals surface area contributed by atoms with Gasteiger partial charge < -0.3 is 18.9 Å². The predicted molar refractivity (Wildman–Crippen MR) is 131 cm³/mol. The lowest BCUT2D eigenvalue weighted by molar-refractivity contribution is 0.0954. The molecule has 3 aromatic carbocycles. The molecule has 1 amide bonds. The van der Waals surface area contributed by atoms with Crippen LogP contribution in [0.1, 0.15) is 27.0 Å². The van der Waals surface area contributed by atoms with E-state index in [1.165, 1.54) is 26.0 Å². The molecule has 172 valence electrons. The number of carbonyl (C=O) groups excluding carboxylic acids is 1. The number of carbonyl (C=O) groups is 1. The van der Waals surface area contributed by atoms with Gasteiger partial charge in [-0.15, -0.1) is 0 Å². The van der Waals surface area contributed by atoms with Crippen molar-refractivity contribution in [2.24, 2.45) is 5.10 Å². The smallest absolute Gasteiger partial charge is 0.271 e. The van der Waals surface area contributed by atoms with Crippen LogP contribution in [-0.2, 0) is 6.61 Å². The van der Waals surface area contributed by atoms with E-state index in [1.54, 1.807) is 31.4 Å². The Morgan fingerprint density at radius 3 is 2.30 bits per heavy atom. The van der Waals surface area contributed by atoms with Gasteiger partial charge in [0.15, 0.2) is 23.0 Å². The highest BCUT2D eigenvalue weighted by Crippen LogP contribution is 2.37. The first-order chi connectivity index (χ1) is 15.9. The second-order valence-electron chi connectivity index (χ2n) is 7.08. The molecule has 3 aromatic rings. The molecule has 0 fully saturated rings. The highest BCUT2D eigenvalue weighted by molar-refractivity contribution is 9.10. The van der Waals surface area contributed by atoms with Crippen molar-refractivity contribution in [2.45, 2.75) is 13.5 Å². The van der Waals surface area contributed by atoms with Crippen molar-refractivity contribution in [1.29, 1.82) is 0 Å². The van der Waals surface area contributed by atoms with Crippen LogP contribution in [0.3, 0.4) is 0 Å². The molecule has 0 saturated heterocycles. The fourth-order valence-corrected chi connectivity index (χ4v) is 3.58. The van der Waals surface area contributed by atoms with Gasteiger partial charge in [0.05, 0.1) is 32.0 Å². The van der Waals surface area contributed by atoms with Crippen LogP contribution < -0.4 is 24.4 Å². The van der Waals surface area contributed by atoms with Gasteiger partial charge in [0, 0.05) is 5.56 Å². The number of halogens is 1. The molecule has 3 rings (SSSR count). The monoisotopic (exact) mass is 512 g/mol. The number of methoxy groups -OCH3 is 3. The van der Waals surface area contributed by atoms with E-state index in [0.717, 1.165) is 5.56 Å². The molecule has 0 radical (unpaired) electrons. The van der Waals surface area contributed by atoms with Gasteiger partial charge in [-0.25, -0.2) is 5.43 Å². The van der Waals surface area contributed by atoms with Crippen LogP contribution in [0.5, 0.6) is 23.0 Å². The molecule has 33 heavy (non-hydrogen) atoms. The minimum Gasteiger partial charge on any atom is -0.493 e. The third kappa shape index (κ3) is 6.26. The van der Waals surface area contributed by atoms with E-state index in [1.807, 2.05) is 37.3 Å². The summed E-state index contributed by atoms with van der Waals surface area (Å²) in [4.78, 5) is 12.4. The summed E-state index contributed by atoms with van der Waals surface area (Å²) in [5, 5.41) is 4.05. The average molecular weight is 513 g/mol. The number of nitrogens with one attached hydrogen (secondary N) is 1. The lowest BCUT2D eigenvalue weighted by Crippen LogP contribution is -2.17. The Balaban J connectivity index is 1.68. The summed E-state index contributed by atoms with van der Waals surface area (Å²) < 4.78 is 22.6. The Bertz CT molecular complexity index is 1150. The van der Waals surface area contributed by atoms with Crippen LogP contribution in [0.25, 0.3) is 0 Å². The molecule has 0 saturated carbocycles. The molecule has 0 spiro atoms. The zero-order chi connectivity index (χ0) is 23.8. The highest BCUT2D eigenvalue weighted by Gasteiger charge is 2.13. The molecular weight excluding hydrogens is 488 g/mol. The normalized spacial score (nSPS) is 10.7. The van der Waals surface area contributed by atoms with E-state index in [0.29, 0.717) is 45.2 Å². The quantitative estimate of drug-likeness (QED) is 0.317. The molecule has 1 N–H and O–H groups in total. The Morgan fingerprint density at radius 2 is 1.64 bits per heavy atom. The molecule has 0 bridgehead atoms. The van der Waals surface area contributed by atoms with E-state index in [-0.39, 0.29) is 5.91 Å². The van der Waals surface area contributed by atoms with Gasteiger partial charge in [0.2, 0.25) is 0 Å². The minimum atomic E-state index is -0.378. The number of hydrogen-bond acceptors (Lipinski definition) is 6. The van der Waals surface area contributed by atoms with Gasteiger partial charge in [0.25, 0.3) is 5.91 Å². The van der Waals surface area contributed by atoms with Crippen LogP contribution in [0.15, 0.2) is 64.2 Å². The van der Waals surface area contributed by atoms with Crippen molar-refractivity contribution >= 4 is 28.1 Å². The van der Waals surface area contributed by atoms with Crippen LogP contribution in [0.2, 0.25) is 0 Å². The zero-order valence-electron chi connectivity index (χ0n) is 18.8. The molecule has 0 unspecified atom stereocenters. The van der Waals surface area contributed by atoms with Crippen molar-refractivity contribution in [3.05, 3.63) is 81.3 Å². The second kappa shape index (κ2) is 11.4. The number of aryl methyl sites for hydroxylation is 1. The van der Waals surface area contributed by atoms with Crippen molar-refractivity contribution in [3.63, 3.8) is 0 Å². The van der Waals surface area contributed by atoms with Gasteiger partial charge in [-0.1, -0.05) is 29.8 Å². The van der Waals surface area contributed by atoms with Crippen molar-refractivity contribution in [3.8, 4) is 23.0 Å². The van der Waals surface area contributed by atoms with Crippen molar-refractivity contribution in [2.75, 3.05) is 21.3 Å². The lowest BCUT2D eigenvalue weighted by Gasteiger charge is -2.13. The van der Waals surface area contributed by atoms with E-state index in [9.17, 15) is 4.79 Å². The van der Waals surface area contributed by atoms with Gasteiger partial charge in [-0.05, 0) is 64.3 Å². The summed E-state index contributed by atoms with van der Waals surface area (Å²) in [6.07, 6.45) is 1.52. The molecule has 0 aromatic heterocycles. The fourth-order valence-electron chi connectivity index (χ4n) is 3.00. The van der Waals surface area contributed by atoms with Crippen LogP contribution >= 0.6 is 15.9 Å². The van der Waals surface area contributed by atoms with Gasteiger partial charge in [0.1, 0.15) is 6.61 Å². The fraction of sp³-hybridized carbons (Fsp3) is 0.200. The maximum absolute atomic E-state index is 12.4. The van der Waals surface area contributed by atoms with E-state index >= 15 is 0 Å². The number of ether oxygens (including phenoxy) is 4. The van der Waals surface area contributed by atoms with E-state index < -0.39 is 0 Å². The molecule has 8 heteroatoms. The predicted octanol–water partition coefficient (Wildman–Crippen LogP) is 5.13. The number of hydrogen-bond donors (Lipinski definition) is 1. The third-order valence-corrected chi connectivity index (χ3v) is 5.37. The number of nitrogens with zero attached hydrogens (tertiary/aromatic N) is 1. The number of rotatable bonds is 9. The van der Waals surface area contributed by atoms with Crippen molar-refractivity contribution in [1.82, 2.24) is 5.43 Å². The Labute approximate surface area is 201 Å². The maximum atomic E-state index is 12.4. The lowest BCUT2D eigenvalue weighted by atomic mass is 10.1. The minimum absolute atomic E-state index is 0.378. The topological polar surface area (TPSA) is 78.4 Å². The maximum Gasteiger partial charge on any atom is 0.271 e. The largest absolute Gasteiger partial charge is 0.493 e.